The van der Waals surface area contributed by atoms with Crippen molar-refractivity contribution in [3.05, 3.63) is 134 Å². The van der Waals surface area contributed by atoms with Gasteiger partial charge < -0.3 is 19.7 Å². The molecule has 9 heteroatoms. The van der Waals surface area contributed by atoms with Crippen LogP contribution in [0.2, 0.25) is 0 Å². The van der Waals surface area contributed by atoms with E-state index in [9.17, 15) is 24.6 Å². The molecule has 0 radical (unpaired) electrons. The number of aliphatic hydroxyl groups is 2. The molecule has 0 aromatic heterocycles. The summed E-state index contributed by atoms with van der Waals surface area (Å²) in [4.78, 5) is 40.3. The first-order valence-corrected chi connectivity index (χ1v) is 21.0. The first-order valence-electron chi connectivity index (χ1n) is 19.0. The van der Waals surface area contributed by atoms with Crippen molar-refractivity contribution in [2.24, 2.45) is 0 Å². The van der Waals surface area contributed by atoms with Crippen molar-refractivity contribution in [2.45, 2.75) is 109 Å². The number of hydrogen-bond acceptors (Lipinski definition) is 9. The molecule has 0 aliphatic carbocycles. The first-order chi connectivity index (χ1) is 26.6. The normalized spacial score (nSPS) is 15.0. The Bertz CT molecular complexity index is 1990. The molecule has 298 valence electrons. The van der Waals surface area contributed by atoms with Crippen LogP contribution in [0, 0.1) is 55.4 Å². The molecular formula is C47H56O7S2. The SMILES string of the molecule is COC(=O)C(C(=O)CC(O)CCSc1ccc(C)cc1)c1c(C)cc(C)cc1C.Cc1ccc(SCCC2CC(O)=C(c3c(C)cc(C)cc3C)C(=O)O2)cc1. The highest BCUT2D eigenvalue weighted by Gasteiger charge is 2.33. The van der Waals surface area contributed by atoms with Gasteiger partial charge in [-0.3, -0.25) is 9.59 Å². The summed E-state index contributed by atoms with van der Waals surface area (Å²) in [5.41, 5.74) is 10.2. The molecule has 0 bridgehead atoms. The van der Waals surface area contributed by atoms with Crippen molar-refractivity contribution in [2.75, 3.05) is 18.6 Å². The van der Waals surface area contributed by atoms with Crippen molar-refractivity contribution in [1.82, 2.24) is 0 Å². The predicted octanol–water partition coefficient (Wildman–Crippen LogP) is 10.4. The maximum absolute atomic E-state index is 12.9. The third-order valence-electron chi connectivity index (χ3n) is 9.81. The summed E-state index contributed by atoms with van der Waals surface area (Å²) in [6, 6.07) is 24.6. The number of ketones is 1. The van der Waals surface area contributed by atoms with Gasteiger partial charge in [-0.15, -0.1) is 23.5 Å². The van der Waals surface area contributed by atoms with Gasteiger partial charge in [0, 0.05) is 34.1 Å². The second kappa shape index (κ2) is 20.7. The van der Waals surface area contributed by atoms with Gasteiger partial charge >= 0.3 is 11.9 Å². The Morgan fingerprint density at radius 2 is 1.23 bits per heavy atom. The molecule has 3 unspecified atom stereocenters. The zero-order valence-electron chi connectivity index (χ0n) is 34.2. The molecule has 1 heterocycles. The summed E-state index contributed by atoms with van der Waals surface area (Å²) >= 11 is 3.38. The maximum Gasteiger partial charge on any atom is 0.342 e. The average Bonchev–Trinajstić information content (AvgIpc) is 3.12. The molecule has 56 heavy (non-hydrogen) atoms. The summed E-state index contributed by atoms with van der Waals surface area (Å²) in [5.74, 6) is -0.619. The third kappa shape index (κ3) is 12.3. The minimum atomic E-state index is -1.000. The second-order valence-corrected chi connectivity index (χ2v) is 17.2. The number of esters is 2. The van der Waals surface area contributed by atoms with E-state index in [4.69, 9.17) is 9.47 Å². The van der Waals surface area contributed by atoms with Crippen molar-refractivity contribution >= 4 is 46.8 Å². The first kappa shape index (κ1) is 44.4. The topological polar surface area (TPSA) is 110 Å². The van der Waals surface area contributed by atoms with Gasteiger partial charge in [0.15, 0.2) is 5.78 Å². The lowest BCUT2D eigenvalue weighted by molar-refractivity contribution is -0.146. The van der Waals surface area contributed by atoms with Crippen LogP contribution in [0.25, 0.3) is 5.57 Å². The van der Waals surface area contributed by atoms with E-state index in [1.54, 1.807) is 23.5 Å². The quantitative estimate of drug-likeness (QED) is 0.0732. The number of carbonyl (C=O) groups is 3. The summed E-state index contributed by atoms with van der Waals surface area (Å²) < 4.78 is 10.6. The number of hydrogen-bond donors (Lipinski definition) is 2. The highest BCUT2D eigenvalue weighted by atomic mass is 32.2. The molecule has 5 rings (SSSR count). The van der Waals surface area contributed by atoms with E-state index in [2.05, 4.69) is 43.3 Å². The minimum absolute atomic E-state index is 0.0685. The van der Waals surface area contributed by atoms with E-state index in [0.717, 1.165) is 49.6 Å². The molecule has 0 spiro atoms. The van der Waals surface area contributed by atoms with Crippen molar-refractivity contribution in [1.29, 1.82) is 0 Å². The smallest absolute Gasteiger partial charge is 0.342 e. The number of thioether (sulfide) groups is 2. The Balaban J connectivity index is 0.000000249. The fraction of sp³-hybridized carbons (Fsp3) is 0.383. The number of methoxy groups -OCH3 is 1. The van der Waals surface area contributed by atoms with E-state index in [0.29, 0.717) is 36.2 Å². The molecule has 1 aliphatic heterocycles. The highest BCUT2D eigenvalue weighted by Crippen LogP contribution is 2.34. The lowest BCUT2D eigenvalue weighted by Crippen LogP contribution is -2.28. The van der Waals surface area contributed by atoms with Gasteiger partial charge in [0.05, 0.1) is 13.2 Å². The average molecular weight is 797 g/mol. The monoisotopic (exact) mass is 796 g/mol. The summed E-state index contributed by atoms with van der Waals surface area (Å²) in [5, 5.41) is 21.0. The fourth-order valence-electron chi connectivity index (χ4n) is 7.19. The lowest BCUT2D eigenvalue weighted by atomic mass is 9.85. The number of aryl methyl sites for hydroxylation is 8. The molecule has 0 fully saturated rings. The molecule has 2 N–H and O–H groups in total. The highest BCUT2D eigenvalue weighted by molar-refractivity contribution is 7.99. The van der Waals surface area contributed by atoms with Crippen LogP contribution in [-0.4, -0.2) is 58.8 Å². The zero-order valence-corrected chi connectivity index (χ0v) is 35.8. The molecule has 4 aromatic carbocycles. The van der Waals surface area contributed by atoms with Gasteiger partial charge in [0.2, 0.25) is 0 Å². The third-order valence-corrected chi connectivity index (χ3v) is 11.9. The largest absolute Gasteiger partial charge is 0.511 e. The van der Waals surface area contributed by atoms with Gasteiger partial charge in [-0.2, -0.15) is 0 Å². The van der Waals surface area contributed by atoms with E-state index in [1.165, 1.54) is 23.1 Å². The van der Waals surface area contributed by atoms with Crippen LogP contribution in [0.15, 0.2) is 88.3 Å². The maximum atomic E-state index is 12.9. The lowest BCUT2D eigenvalue weighted by Gasteiger charge is -2.26. The fourth-order valence-corrected chi connectivity index (χ4v) is 9.09. The predicted molar refractivity (Wildman–Crippen MR) is 229 cm³/mol. The Kier molecular flexibility index (Phi) is 16.4. The van der Waals surface area contributed by atoms with Crippen LogP contribution in [-0.2, 0) is 23.9 Å². The zero-order chi connectivity index (χ0) is 41.1. The summed E-state index contributed by atoms with van der Waals surface area (Å²) in [7, 11) is 1.29. The molecule has 1 aliphatic rings. The Morgan fingerprint density at radius 3 is 1.71 bits per heavy atom. The van der Waals surface area contributed by atoms with Crippen LogP contribution in [0.1, 0.15) is 87.2 Å². The van der Waals surface area contributed by atoms with Crippen molar-refractivity contribution in [3.63, 3.8) is 0 Å². The molecule has 7 nitrogen and oxygen atoms in total. The number of benzene rings is 4. The van der Waals surface area contributed by atoms with E-state index in [1.807, 2.05) is 84.9 Å². The number of Topliss-reactive ketones (excluding diaryl/α,β-unsaturated/α-hetero) is 1. The van der Waals surface area contributed by atoms with Crippen LogP contribution in [0.4, 0.5) is 0 Å². The number of ether oxygens (including phenoxy) is 2. The second-order valence-electron chi connectivity index (χ2n) is 14.8. The standard InChI is InChI=1S/C24H30O4S.C23H26O3S/c1-15-6-8-20(9-7-15)29-11-10-19(25)14-21(26)23(24(27)28-5)22-17(3)12-16(2)13-18(22)4;1-14-5-7-19(8-6-14)27-10-9-18-13-20(24)22(23(25)26-18)21-16(3)11-15(2)12-17(21)4/h6-9,12-13,19,23,25H,10-11,14H2,1-5H3;5-8,11-12,18,24H,9-10,13H2,1-4H3. The van der Waals surface area contributed by atoms with E-state index in [-0.39, 0.29) is 24.1 Å². The Morgan fingerprint density at radius 1 is 0.750 bits per heavy atom. The molecule has 4 aromatic rings. The van der Waals surface area contributed by atoms with Gasteiger partial charge in [0.25, 0.3) is 0 Å². The molecule has 0 saturated heterocycles. The number of carbonyl (C=O) groups excluding carboxylic acids is 3. The van der Waals surface area contributed by atoms with Crippen molar-refractivity contribution < 1.29 is 34.1 Å². The Labute approximate surface area is 341 Å². The van der Waals surface area contributed by atoms with Gasteiger partial charge in [-0.05, 0) is 126 Å². The molecule has 0 saturated carbocycles. The molecule has 0 amide bonds. The van der Waals surface area contributed by atoms with Crippen LogP contribution in [0.3, 0.4) is 0 Å². The summed E-state index contributed by atoms with van der Waals surface area (Å²) in [6.07, 6.45) is 0.435. The number of rotatable bonds is 14. The van der Waals surface area contributed by atoms with Crippen LogP contribution < -0.4 is 0 Å². The van der Waals surface area contributed by atoms with Crippen LogP contribution >= 0.6 is 23.5 Å². The summed E-state index contributed by atoms with van der Waals surface area (Å²) in [6.45, 7) is 15.8. The molecule has 3 atom stereocenters. The van der Waals surface area contributed by atoms with Gasteiger partial charge in [-0.25, -0.2) is 4.79 Å². The molecular weight excluding hydrogens is 741 g/mol. The van der Waals surface area contributed by atoms with Crippen LogP contribution in [0.5, 0.6) is 0 Å². The Hall–Kier alpha value is -4.31. The van der Waals surface area contributed by atoms with E-state index >= 15 is 0 Å². The van der Waals surface area contributed by atoms with E-state index < -0.39 is 24.0 Å². The van der Waals surface area contributed by atoms with Gasteiger partial charge in [0.1, 0.15) is 23.4 Å². The minimum Gasteiger partial charge on any atom is -0.511 e. The number of aliphatic hydroxyl groups excluding tert-OH is 2. The number of cyclic esters (lactones) is 1. The van der Waals surface area contributed by atoms with Crippen molar-refractivity contribution in [3.8, 4) is 0 Å². The van der Waals surface area contributed by atoms with Gasteiger partial charge in [-0.1, -0.05) is 70.8 Å².